The third-order valence-electron chi connectivity index (χ3n) is 5.87. The van der Waals surface area contributed by atoms with Crippen molar-refractivity contribution in [3.63, 3.8) is 0 Å². The lowest BCUT2D eigenvalue weighted by Crippen LogP contribution is -2.56. The molecule has 2 heterocycles. The number of fused-ring (bicyclic) bond motifs is 1. The van der Waals surface area contributed by atoms with Crippen LogP contribution in [-0.4, -0.2) is 63.6 Å². The van der Waals surface area contributed by atoms with Crippen LogP contribution in [0.2, 0.25) is 0 Å². The number of amides is 2. The average Bonchev–Trinajstić information content (AvgIpc) is 3.15. The summed E-state index contributed by atoms with van der Waals surface area (Å²) in [6.07, 6.45) is 2.03. The molecule has 0 bridgehead atoms. The van der Waals surface area contributed by atoms with Crippen LogP contribution in [0.3, 0.4) is 0 Å². The summed E-state index contributed by atoms with van der Waals surface area (Å²) in [4.78, 5) is 40.0. The molecule has 3 rings (SSSR count). The monoisotopic (exact) mass is 422 g/mol. The molecular weight excluding hydrogens is 396 g/mol. The first-order valence-electron chi connectivity index (χ1n) is 9.44. The molecule has 1 aromatic rings. The molecule has 2 fully saturated rings. The summed E-state index contributed by atoms with van der Waals surface area (Å²) in [6, 6.07) is 3.65. The van der Waals surface area contributed by atoms with Crippen molar-refractivity contribution in [2.24, 2.45) is 11.8 Å². The smallest absolute Gasteiger partial charge is 0.324 e. The zero-order chi connectivity index (χ0) is 21.5. The van der Waals surface area contributed by atoms with E-state index in [2.05, 4.69) is 5.32 Å². The number of aliphatic carboxylic acids is 1. The van der Waals surface area contributed by atoms with E-state index in [1.165, 1.54) is 18.9 Å². The fourth-order valence-electron chi connectivity index (χ4n) is 4.55. The molecule has 2 saturated heterocycles. The van der Waals surface area contributed by atoms with Crippen molar-refractivity contribution >= 4 is 29.5 Å². The summed E-state index contributed by atoms with van der Waals surface area (Å²) in [7, 11) is 1.41. The Morgan fingerprint density at radius 3 is 2.59 bits per heavy atom. The van der Waals surface area contributed by atoms with Gasteiger partial charge in [-0.15, -0.1) is 0 Å². The van der Waals surface area contributed by atoms with Gasteiger partial charge in [0.15, 0.2) is 11.5 Å². The summed E-state index contributed by atoms with van der Waals surface area (Å²) >= 11 is 1.47. The minimum atomic E-state index is -1.59. The highest BCUT2D eigenvalue weighted by molar-refractivity contribution is 7.98. The minimum Gasteiger partial charge on any atom is -0.504 e. The molecule has 3 N–H and O–H groups in total. The maximum absolute atomic E-state index is 13.2. The maximum Gasteiger partial charge on any atom is 0.324 e. The number of nitrogens with zero attached hydrogens (tertiary/aromatic N) is 1. The van der Waals surface area contributed by atoms with Crippen LogP contribution in [0, 0.1) is 11.8 Å². The third-order valence-corrected chi connectivity index (χ3v) is 6.48. The zero-order valence-electron chi connectivity index (χ0n) is 16.8. The molecule has 0 spiro atoms. The quantitative estimate of drug-likeness (QED) is 0.568. The van der Waals surface area contributed by atoms with Crippen LogP contribution in [-0.2, 0) is 14.4 Å². The second kappa shape index (κ2) is 7.87. The Labute approximate surface area is 173 Å². The first-order chi connectivity index (χ1) is 13.7. The molecule has 2 aliphatic heterocycles. The summed E-state index contributed by atoms with van der Waals surface area (Å²) in [5.74, 6) is -3.46. The predicted molar refractivity (Wildman–Crippen MR) is 108 cm³/mol. The first-order valence-corrected chi connectivity index (χ1v) is 10.8. The highest BCUT2D eigenvalue weighted by Gasteiger charge is 2.68. The lowest BCUT2D eigenvalue weighted by atomic mass is 9.78. The number of likely N-dealkylation sites (tertiary alicyclic amines) is 1. The number of imide groups is 1. The lowest BCUT2D eigenvalue weighted by Gasteiger charge is -2.32. The number of carbonyl (C=O) groups excluding carboxylic acids is 2. The Morgan fingerprint density at radius 1 is 1.34 bits per heavy atom. The van der Waals surface area contributed by atoms with Crippen molar-refractivity contribution in [3.05, 3.63) is 23.8 Å². The van der Waals surface area contributed by atoms with E-state index in [-0.39, 0.29) is 24.0 Å². The van der Waals surface area contributed by atoms with Gasteiger partial charge in [0.05, 0.1) is 18.9 Å². The number of hydrogen-bond donors (Lipinski definition) is 3. The van der Waals surface area contributed by atoms with Crippen molar-refractivity contribution in [3.8, 4) is 11.5 Å². The minimum absolute atomic E-state index is 0.166. The largest absolute Gasteiger partial charge is 0.504 e. The van der Waals surface area contributed by atoms with E-state index < -0.39 is 41.2 Å². The van der Waals surface area contributed by atoms with E-state index >= 15 is 0 Å². The van der Waals surface area contributed by atoms with Gasteiger partial charge in [-0.2, -0.15) is 11.8 Å². The molecule has 4 atom stereocenters. The van der Waals surface area contributed by atoms with E-state index in [1.54, 1.807) is 32.0 Å². The molecule has 9 heteroatoms. The standard InChI is InChI=1S/C20H26N2O6S/c1-10(2)22-17(24)13-14(18(22)25)20(19(26)27,8-9-29-4)21-15(13)11-6-5-7-12(28-3)16(11)23/h5-7,10,13-15,21,23H,8-9H2,1-4H3,(H,26,27)/t13-,14-,15+,20+/m1/s1. The zero-order valence-corrected chi connectivity index (χ0v) is 17.7. The molecule has 0 unspecified atom stereocenters. The second-order valence-corrected chi connectivity index (χ2v) is 8.67. The van der Waals surface area contributed by atoms with Gasteiger partial charge in [-0.3, -0.25) is 24.6 Å². The molecule has 0 aliphatic carbocycles. The van der Waals surface area contributed by atoms with Crippen LogP contribution in [0.15, 0.2) is 18.2 Å². The number of ether oxygens (including phenoxy) is 1. The molecule has 1 aromatic carbocycles. The maximum atomic E-state index is 13.2. The molecule has 2 amide bonds. The molecule has 0 saturated carbocycles. The van der Waals surface area contributed by atoms with Crippen LogP contribution in [0.1, 0.15) is 31.9 Å². The number of methoxy groups -OCH3 is 1. The fourth-order valence-corrected chi connectivity index (χ4v) is 5.08. The average molecular weight is 423 g/mol. The highest BCUT2D eigenvalue weighted by Crippen LogP contribution is 2.52. The Morgan fingerprint density at radius 2 is 2.03 bits per heavy atom. The second-order valence-electron chi connectivity index (χ2n) is 7.68. The molecule has 0 radical (unpaired) electrons. The highest BCUT2D eigenvalue weighted by atomic mass is 32.2. The van der Waals surface area contributed by atoms with E-state index in [0.717, 1.165) is 4.90 Å². The third kappa shape index (κ3) is 3.16. The predicted octanol–water partition coefficient (Wildman–Crippen LogP) is 1.63. The van der Waals surface area contributed by atoms with Gasteiger partial charge in [0.1, 0.15) is 5.54 Å². The number of rotatable bonds is 7. The number of aromatic hydroxyl groups is 1. The molecule has 158 valence electrons. The van der Waals surface area contributed by atoms with E-state index in [1.807, 2.05) is 6.26 Å². The van der Waals surface area contributed by atoms with Gasteiger partial charge in [-0.25, -0.2) is 0 Å². The van der Waals surface area contributed by atoms with Gasteiger partial charge in [-0.05, 0) is 38.3 Å². The summed E-state index contributed by atoms with van der Waals surface area (Å²) in [5.41, 5.74) is -1.25. The number of carbonyl (C=O) groups is 3. The van der Waals surface area contributed by atoms with Crippen LogP contribution >= 0.6 is 11.8 Å². The Bertz CT molecular complexity index is 844. The van der Waals surface area contributed by atoms with Gasteiger partial charge < -0.3 is 14.9 Å². The van der Waals surface area contributed by atoms with E-state index in [0.29, 0.717) is 11.3 Å². The number of phenols is 1. The summed E-state index contributed by atoms with van der Waals surface area (Å²) < 4.78 is 5.17. The SMILES string of the molecule is COc1cccc([C@@H]2N[C@](CCSC)(C(=O)O)[C@H]3C(=O)N(C(C)C)C(=O)[C@@H]23)c1O. The van der Waals surface area contributed by atoms with Crippen molar-refractivity contribution in [2.45, 2.75) is 37.9 Å². The van der Waals surface area contributed by atoms with Gasteiger partial charge >= 0.3 is 5.97 Å². The Hall–Kier alpha value is -2.26. The summed E-state index contributed by atoms with van der Waals surface area (Å²) in [5, 5.41) is 23.9. The van der Waals surface area contributed by atoms with Crippen LogP contribution in [0.5, 0.6) is 11.5 Å². The van der Waals surface area contributed by atoms with Crippen molar-refractivity contribution in [1.82, 2.24) is 10.2 Å². The Balaban J connectivity index is 2.18. The number of nitrogens with one attached hydrogen (secondary N) is 1. The molecule has 8 nitrogen and oxygen atoms in total. The van der Waals surface area contributed by atoms with E-state index in [4.69, 9.17) is 4.74 Å². The van der Waals surface area contributed by atoms with Crippen molar-refractivity contribution in [1.29, 1.82) is 0 Å². The van der Waals surface area contributed by atoms with Crippen molar-refractivity contribution in [2.75, 3.05) is 19.1 Å². The fraction of sp³-hybridized carbons (Fsp3) is 0.550. The normalized spacial score (nSPS) is 28.9. The lowest BCUT2D eigenvalue weighted by molar-refractivity contribution is -0.152. The summed E-state index contributed by atoms with van der Waals surface area (Å²) in [6.45, 7) is 3.46. The number of hydrogen-bond acceptors (Lipinski definition) is 7. The number of carboxylic acid groups (broad SMARTS) is 1. The van der Waals surface area contributed by atoms with Crippen LogP contribution < -0.4 is 10.1 Å². The molecule has 29 heavy (non-hydrogen) atoms. The molecule has 0 aromatic heterocycles. The van der Waals surface area contributed by atoms with Crippen LogP contribution in [0.25, 0.3) is 0 Å². The first kappa shape index (κ1) is 21.4. The Kier molecular flexibility index (Phi) is 5.82. The van der Waals surface area contributed by atoms with Gasteiger partial charge in [0.2, 0.25) is 11.8 Å². The van der Waals surface area contributed by atoms with E-state index in [9.17, 15) is 24.6 Å². The number of carboxylic acids is 1. The van der Waals surface area contributed by atoms with Crippen molar-refractivity contribution < 1.29 is 29.3 Å². The van der Waals surface area contributed by atoms with Gasteiger partial charge in [-0.1, -0.05) is 12.1 Å². The number of thioether (sulfide) groups is 1. The molecular formula is C20H26N2O6S. The van der Waals surface area contributed by atoms with Gasteiger partial charge in [0, 0.05) is 17.6 Å². The van der Waals surface area contributed by atoms with Gasteiger partial charge in [0.25, 0.3) is 0 Å². The molecule has 2 aliphatic rings. The van der Waals surface area contributed by atoms with Crippen LogP contribution in [0.4, 0.5) is 0 Å². The number of para-hydroxylation sites is 1. The number of benzene rings is 1. The number of phenolic OH excluding ortho intramolecular Hbond substituents is 1. The topological polar surface area (TPSA) is 116 Å².